The van der Waals surface area contributed by atoms with Gasteiger partial charge in [-0.25, -0.2) is 0 Å². The first kappa shape index (κ1) is 14.9. The summed E-state index contributed by atoms with van der Waals surface area (Å²) in [7, 11) is 1.84. The van der Waals surface area contributed by atoms with E-state index < -0.39 is 0 Å². The van der Waals surface area contributed by atoms with Crippen LogP contribution in [0.25, 0.3) is 0 Å². The Labute approximate surface area is 121 Å². The van der Waals surface area contributed by atoms with Crippen LogP contribution in [0.1, 0.15) is 37.0 Å². The number of hydrogen-bond acceptors (Lipinski definition) is 3. The fourth-order valence-corrected chi connectivity index (χ4v) is 2.72. The molecule has 110 valence electrons. The molecule has 0 atom stereocenters. The molecule has 1 fully saturated rings. The van der Waals surface area contributed by atoms with Gasteiger partial charge < -0.3 is 15.5 Å². The highest BCUT2D eigenvalue weighted by Crippen LogP contribution is 2.17. The lowest BCUT2D eigenvalue weighted by molar-refractivity contribution is 0.0901. The Morgan fingerprint density at radius 1 is 1.25 bits per heavy atom. The normalized spacial score (nSPS) is 17.2. The summed E-state index contributed by atoms with van der Waals surface area (Å²) in [4.78, 5) is 14.8. The van der Waals surface area contributed by atoms with E-state index in [9.17, 15) is 4.79 Å². The number of piperidine rings is 1. The summed E-state index contributed by atoms with van der Waals surface area (Å²) in [6.45, 7) is 6.58. The largest absolute Gasteiger partial charge is 0.387 e. The Hall–Kier alpha value is -1.55. The molecule has 1 aromatic rings. The summed E-state index contributed by atoms with van der Waals surface area (Å²) < 4.78 is 0. The number of hydrogen-bond donors (Lipinski definition) is 2. The summed E-state index contributed by atoms with van der Waals surface area (Å²) in [5.74, 6) is 0.0259. The summed E-state index contributed by atoms with van der Waals surface area (Å²) in [6, 6.07) is 8.51. The van der Waals surface area contributed by atoms with Crippen molar-refractivity contribution in [3.63, 3.8) is 0 Å². The van der Waals surface area contributed by atoms with Crippen molar-refractivity contribution in [2.75, 3.05) is 25.5 Å². The highest BCUT2D eigenvalue weighted by Gasteiger charge is 2.22. The maximum Gasteiger partial charge on any atom is 0.253 e. The average molecular weight is 275 g/mol. The van der Waals surface area contributed by atoms with Gasteiger partial charge in [0, 0.05) is 37.9 Å². The van der Waals surface area contributed by atoms with Gasteiger partial charge in [0.1, 0.15) is 0 Å². The number of amides is 1. The van der Waals surface area contributed by atoms with Crippen LogP contribution in [0.3, 0.4) is 0 Å². The zero-order valence-corrected chi connectivity index (χ0v) is 12.6. The van der Waals surface area contributed by atoms with E-state index in [1.807, 2.05) is 31.3 Å². The van der Waals surface area contributed by atoms with E-state index in [0.717, 1.165) is 37.2 Å². The van der Waals surface area contributed by atoms with Crippen molar-refractivity contribution in [1.29, 1.82) is 0 Å². The Balaban J connectivity index is 1.93. The molecule has 1 aromatic carbocycles. The minimum absolute atomic E-state index is 0.0259. The molecule has 1 saturated heterocycles. The predicted octanol–water partition coefficient (Wildman–Crippen LogP) is 2.33. The van der Waals surface area contributed by atoms with Gasteiger partial charge in [0.05, 0.1) is 5.56 Å². The minimum Gasteiger partial charge on any atom is -0.387 e. The molecule has 2 rings (SSSR count). The molecule has 0 aliphatic carbocycles. The van der Waals surface area contributed by atoms with Gasteiger partial charge in [-0.1, -0.05) is 12.1 Å². The van der Waals surface area contributed by atoms with Crippen LogP contribution in [0.2, 0.25) is 0 Å². The van der Waals surface area contributed by atoms with Gasteiger partial charge in [0.15, 0.2) is 0 Å². The van der Waals surface area contributed by atoms with Crippen LogP contribution in [0.15, 0.2) is 24.3 Å². The zero-order chi connectivity index (χ0) is 14.5. The number of carbonyl (C=O) groups is 1. The van der Waals surface area contributed by atoms with Crippen molar-refractivity contribution < 1.29 is 4.79 Å². The molecular weight excluding hydrogens is 250 g/mol. The third kappa shape index (κ3) is 3.51. The monoisotopic (exact) mass is 275 g/mol. The second-order valence-corrected chi connectivity index (χ2v) is 5.67. The topological polar surface area (TPSA) is 44.4 Å². The van der Waals surface area contributed by atoms with Gasteiger partial charge in [-0.3, -0.25) is 4.79 Å². The fourth-order valence-electron chi connectivity index (χ4n) is 2.72. The van der Waals surface area contributed by atoms with Crippen LogP contribution in [0.4, 0.5) is 5.69 Å². The molecule has 1 amide bonds. The second kappa shape index (κ2) is 6.75. The molecule has 0 spiro atoms. The third-order valence-corrected chi connectivity index (χ3v) is 4.04. The highest BCUT2D eigenvalue weighted by molar-refractivity contribution is 5.99. The molecule has 4 nitrogen and oxygen atoms in total. The molecule has 0 unspecified atom stereocenters. The van der Waals surface area contributed by atoms with Crippen molar-refractivity contribution in [3.05, 3.63) is 29.8 Å². The smallest absolute Gasteiger partial charge is 0.253 e. The van der Waals surface area contributed by atoms with E-state index in [1.165, 1.54) is 0 Å². The fraction of sp³-hybridized carbons (Fsp3) is 0.562. The van der Waals surface area contributed by atoms with E-state index in [1.54, 1.807) is 0 Å². The summed E-state index contributed by atoms with van der Waals surface area (Å²) in [5, 5.41) is 6.23. The molecule has 0 bridgehead atoms. The number of carbonyl (C=O) groups excluding carboxylic acids is 1. The van der Waals surface area contributed by atoms with Crippen LogP contribution in [0.5, 0.6) is 0 Å². The molecule has 2 N–H and O–H groups in total. The minimum atomic E-state index is 0.0259. The number of anilines is 1. The van der Waals surface area contributed by atoms with E-state index in [0.29, 0.717) is 12.1 Å². The van der Waals surface area contributed by atoms with Crippen molar-refractivity contribution >= 4 is 11.6 Å². The van der Waals surface area contributed by atoms with Crippen LogP contribution in [-0.2, 0) is 0 Å². The second-order valence-electron chi connectivity index (χ2n) is 5.67. The van der Waals surface area contributed by atoms with Crippen LogP contribution >= 0.6 is 0 Å². The Morgan fingerprint density at radius 2 is 1.90 bits per heavy atom. The van der Waals surface area contributed by atoms with Gasteiger partial charge >= 0.3 is 0 Å². The van der Waals surface area contributed by atoms with Gasteiger partial charge in [0.2, 0.25) is 0 Å². The van der Waals surface area contributed by atoms with Gasteiger partial charge in [-0.05, 0) is 38.8 Å². The van der Waals surface area contributed by atoms with Crippen LogP contribution in [0, 0.1) is 0 Å². The lowest BCUT2D eigenvalue weighted by atomic mass is 10.0. The first-order valence-electron chi connectivity index (χ1n) is 7.43. The Bertz CT molecular complexity index is 451. The van der Waals surface area contributed by atoms with Crippen molar-refractivity contribution in [1.82, 2.24) is 10.2 Å². The maximum absolute atomic E-state index is 12.3. The Morgan fingerprint density at radius 3 is 2.50 bits per heavy atom. The van der Waals surface area contributed by atoms with Crippen molar-refractivity contribution in [2.24, 2.45) is 0 Å². The van der Waals surface area contributed by atoms with Crippen LogP contribution < -0.4 is 10.6 Å². The average Bonchev–Trinajstić information content (AvgIpc) is 2.47. The van der Waals surface area contributed by atoms with Crippen molar-refractivity contribution in [3.8, 4) is 0 Å². The molecule has 20 heavy (non-hydrogen) atoms. The first-order chi connectivity index (χ1) is 9.61. The van der Waals surface area contributed by atoms with E-state index in [2.05, 4.69) is 29.4 Å². The zero-order valence-electron chi connectivity index (χ0n) is 12.6. The predicted molar refractivity (Wildman–Crippen MR) is 83.2 cm³/mol. The number of rotatable bonds is 4. The Kier molecular flexibility index (Phi) is 5.01. The summed E-state index contributed by atoms with van der Waals surface area (Å²) in [5.41, 5.74) is 1.60. The van der Waals surface area contributed by atoms with Gasteiger partial charge in [0.25, 0.3) is 5.91 Å². The number of likely N-dealkylation sites (tertiary alicyclic amines) is 1. The molecule has 4 heteroatoms. The lowest BCUT2D eigenvalue weighted by Crippen LogP contribution is -2.46. The quantitative estimate of drug-likeness (QED) is 0.886. The SMILES string of the molecule is CNc1ccccc1C(=O)NC1CCN(C(C)C)CC1. The maximum atomic E-state index is 12.3. The number of para-hydroxylation sites is 1. The van der Waals surface area contributed by atoms with E-state index in [-0.39, 0.29) is 5.91 Å². The molecule has 1 aliphatic heterocycles. The van der Waals surface area contributed by atoms with E-state index >= 15 is 0 Å². The lowest BCUT2D eigenvalue weighted by Gasteiger charge is -2.34. The van der Waals surface area contributed by atoms with E-state index in [4.69, 9.17) is 0 Å². The van der Waals surface area contributed by atoms with Crippen molar-refractivity contribution in [2.45, 2.75) is 38.8 Å². The third-order valence-electron chi connectivity index (χ3n) is 4.04. The highest BCUT2D eigenvalue weighted by atomic mass is 16.1. The van der Waals surface area contributed by atoms with Crippen LogP contribution in [-0.4, -0.2) is 43.0 Å². The molecule has 0 aromatic heterocycles. The number of nitrogens with one attached hydrogen (secondary N) is 2. The molecule has 0 radical (unpaired) electrons. The standard InChI is InChI=1S/C16H25N3O/c1-12(2)19-10-8-13(9-11-19)18-16(20)14-6-4-5-7-15(14)17-3/h4-7,12-13,17H,8-11H2,1-3H3,(H,18,20). The summed E-state index contributed by atoms with van der Waals surface area (Å²) in [6.07, 6.45) is 2.07. The van der Waals surface area contributed by atoms with Gasteiger partial charge in [-0.2, -0.15) is 0 Å². The molecule has 1 aliphatic rings. The molecule has 0 saturated carbocycles. The van der Waals surface area contributed by atoms with Gasteiger partial charge in [-0.15, -0.1) is 0 Å². The number of nitrogens with zero attached hydrogens (tertiary/aromatic N) is 1. The molecule has 1 heterocycles. The first-order valence-corrected chi connectivity index (χ1v) is 7.43. The number of benzene rings is 1. The summed E-state index contributed by atoms with van der Waals surface area (Å²) >= 11 is 0. The molecular formula is C16H25N3O.